The Morgan fingerprint density at radius 1 is 1.14 bits per heavy atom. The number of nitrogens with one attached hydrogen (secondary N) is 1. The van der Waals surface area contributed by atoms with E-state index >= 15 is 0 Å². The van der Waals surface area contributed by atoms with E-state index in [0.29, 0.717) is 18.7 Å². The Kier molecular flexibility index (Phi) is 5.77. The largest absolute Gasteiger partial charge is 0.352 e. The molecular formula is C23H24ClN3O. The van der Waals surface area contributed by atoms with Gasteiger partial charge in [0.2, 0.25) is 0 Å². The third-order valence-corrected chi connectivity index (χ3v) is 5.52. The summed E-state index contributed by atoms with van der Waals surface area (Å²) in [6.45, 7) is 1.33. The lowest BCUT2D eigenvalue weighted by atomic mass is 9.97. The van der Waals surface area contributed by atoms with E-state index in [2.05, 4.69) is 16.5 Å². The monoisotopic (exact) mass is 393 g/mol. The number of nitrogens with zero attached hydrogens (tertiary/aromatic N) is 2. The molecule has 1 amide bonds. The van der Waals surface area contributed by atoms with Crippen molar-refractivity contribution in [1.82, 2.24) is 15.1 Å². The average Bonchev–Trinajstić information content (AvgIpc) is 3.12. The number of carbonyl (C=O) groups is 1. The van der Waals surface area contributed by atoms with E-state index in [-0.39, 0.29) is 5.91 Å². The summed E-state index contributed by atoms with van der Waals surface area (Å²) in [4.78, 5) is 12.6. The van der Waals surface area contributed by atoms with Gasteiger partial charge in [-0.1, -0.05) is 41.4 Å². The molecule has 3 aromatic rings. The Hall–Kier alpha value is -2.59. The molecule has 1 N–H and O–H groups in total. The van der Waals surface area contributed by atoms with Gasteiger partial charge in [-0.05, 0) is 61.9 Å². The molecule has 0 fully saturated rings. The van der Waals surface area contributed by atoms with E-state index in [9.17, 15) is 4.79 Å². The number of benzene rings is 2. The number of amides is 1. The van der Waals surface area contributed by atoms with Crippen molar-refractivity contribution in [3.8, 4) is 0 Å². The Morgan fingerprint density at radius 3 is 2.79 bits per heavy atom. The summed E-state index contributed by atoms with van der Waals surface area (Å²) in [6, 6.07) is 13.5. The molecule has 1 heterocycles. The molecule has 144 valence electrons. The first kappa shape index (κ1) is 18.8. The normalized spacial score (nSPS) is 14.1. The zero-order valence-electron chi connectivity index (χ0n) is 15.8. The fourth-order valence-corrected chi connectivity index (χ4v) is 3.80. The lowest BCUT2D eigenvalue weighted by molar-refractivity contribution is 0.0954. The van der Waals surface area contributed by atoms with Crippen molar-refractivity contribution in [3.63, 3.8) is 0 Å². The molecule has 4 rings (SSSR count). The molecule has 0 atom stereocenters. The number of fused-ring (bicyclic) bond motifs is 1. The number of allylic oxidation sites excluding steroid dienone is 1. The Labute approximate surface area is 170 Å². The van der Waals surface area contributed by atoms with E-state index < -0.39 is 0 Å². The molecule has 0 unspecified atom stereocenters. The van der Waals surface area contributed by atoms with Crippen molar-refractivity contribution in [2.45, 2.75) is 38.6 Å². The third-order valence-electron chi connectivity index (χ3n) is 5.27. The molecule has 0 radical (unpaired) electrons. The van der Waals surface area contributed by atoms with Gasteiger partial charge in [-0.3, -0.25) is 9.48 Å². The van der Waals surface area contributed by atoms with Gasteiger partial charge in [-0.25, -0.2) is 0 Å². The topological polar surface area (TPSA) is 46.9 Å². The van der Waals surface area contributed by atoms with Crippen molar-refractivity contribution < 1.29 is 4.79 Å². The molecule has 0 spiro atoms. The Morgan fingerprint density at radius 2 is 2.00 bits per heavy atom. The van der Waals surface area contributed by atoms with Gasteiger partial charge in [-0.15, -0.1) is 0 Å². The van der Waals surface area contributed by atoms with Crippen molar-refractivity contribution in [1.29, 1.82) is 0 Å². The Balaban J connectivity index is 1.44. The van der Waals surface area contributed by atoms with Crippen molar-refractivity contribution in [2.24, 2.45) is 0 Å². The number of carbonyl (C=O) groups excluding carboxylic acids is 1. The molecule has 4 nitrogen and oxygen atoms in total. The maximum absolute atomic E-state index is 12.6. The van der Waals surface area contributed by atoms with E-state index in [1.54, 1.807) is 0 Å². The fraction of sp³-hybridized carbons (Fsp3) is 0.304. The van der Waals surface area contributed by atoms with Crippen LogP contribution >= 0.6 is 11.6 Å². The van der Waals surface area contributed by atoms with Crippen molar-refractivity contribution in [3.05, 3.63) is 76.5 Å². The van der Waals surface area contributed by atoms with Crippen molar-refractivity contribution in [2.75, 3.05) is 6.54 Å². The second-order valence-corrected chi connectivity index (χ2v) is 7.75. The van der Waals surface area contributed by atoms with E-state index in [4.69, 9.17) is 11.6 Å². The van der Waals surface area contributed by atoms with E-state index in [0.717, 1.165) is 27.9 Å². The molecule has 1 aromatic heterocycles. The van der Waals surface area contributed by atoms with Gasteiger partial charge in [-0.2, -0.15) is 5.10 Å². The summed E-state index contributed by atoms with van der Waals surface area (Å²) in [5, 5.41) is 9.28. The van der Waals surface area contributed by atoms with Gasteiger partial charge < -0.3 is 5.32 Å². The molecule has 2 aromatic carbocycles. The molecular weight excluding hydrogens is 370 g/mol. The number of rotatable bonds is 6. The highest BCUT2D eigenvalue weighted by Gasteiger charge is 2.10. The molecule has 0 aliphatic heterocycles. The molecule has 5 heteroatoms. The first-order chi connectivity index (χ1) is 13.7. The zero-order valence-corrected chi connectivity index (χ0v) is 16.6. The van der Waals surface area contributed by atoms with Gasteiger partial charge in [0, 0.05) is 22.5 Å². The number of hydrogen-bond donors (Lipinski definition) is 1. The van der Waals surface area contributed by atoms with E-state index in [1.165, 1.54) is 31.3 Å². The smallest absolute Gasteiger partial charge is 0.251 e. The maximum atomic E-state index is 12.6. The predicted octanol–water partition coefficient (Wildman–Crippen LogP) is 5.36. The minimum Gasteiger partial charge on any atom is -0.352 e. The number of aromatic nitrogens is 2. The summed E-state index contributed by atoms with van der Waals surface area (Å²) in [5.41, 5.74) is 4.22. The lowest BCUT2D eigenvalue weighted by Gasteiger charge is -2.13. The van der Waals surface area contributed by atoms with Crippen LogP contribution in [0.4, 0.5) is 0 Å². The van der Waals surface area contributed by atoms with Gasteiger partial charge >= 0.3 is 0 Å². The fourth-order valence-electron chi connectivity index (χ4n) is 3.67. The zero-order chi connectivity index (χ0) is 19.3. The van der Waals surface area contributed by atoms with Crippen LogP contribution in [-0.2, 0) is 6.54 Å². The summed E-state index contributed by atoms with van der Waals surface area (Å²) >= 11 is 5.97. The Bertz CT molecular complexity index is 1000. The quantitative estimate of drug-likeness (QED) is 0.573. The minimum atomic E-state index is -0.0300. The number of halogens is 1. The SMILES string of the molecule is O=C(NCCC1=CCCCC1)c1ccc2cnn(Cc3ccc(Cl)cc3)c2c1. The highest BCUT2D eigenvalue weighted by atomic mass is 35.5. The van der Waals surface area contributed by atoms with Crippen LogP contribution in [0.3, 0.4) is 0 Å². The van der Waals surface area contributed by atoms with Gasteiger partial charge in [0.25, 0.3) is 5.91 Å². The molecule has 28 heavy (non-hydrogen) atoms. The summed E-state index contributed by atoms with van der Waals surface area (Å²) in [5.74, 6) is -0.0300. The van der Waals surface area contributed by atoms with Crippen LogP contribution in [0.25, 0.3) is 10.9 Å². The van der Waals surface area contributed by atoms with Crippen LogP contribution in [0, 0.1) is 0 Å². The van der Waals surface area contributed by atoms with Gasteiger partial charge in [0.05, 0.1) is 18.3 Å². The van der Waals surface area contributed by atoms with Gasteiger partial charge in [0.15, 0.2) is 0 Å². The molecule has 0 saturated heterocycles. The highest BCUT2D eigenvalue weighted by molar-refractivity contribution is 6.30. The average molecular weight is 394 g/mol. The summed E-state index contributed by atoms with van der Waals surface area (Å²) in [6.07, 6.45) is 10.0. The highest BCUT2D eigenvalue weighted by Crippen LogP contribution is 2.20. The molecule has 1 aliphatic rings. The first-order valence-electron chi connectivity index (χ1n) is 9.85. The lowest BCUT2D eigenvalue weighted by Crippen LogP contribution is -2.24. The molecule has 1 aliphatic carbocycles. The third kappa shape index (κ3) is 4.45. The predicted molar refractivity (Wildman–Crippen MR) is 114 cm³/mol. The summed E-state index contributed by atoms with van der Waals surface area (Å²) in [7, 11) is 0. The maximum Gasteiger partial charge on any atom is 0.251 e. The second kappa shape index (κ2) is 8.61. The molecule has 0 bridgehead atoms. The second-order valence-electron chi connectivity index (χ2n) is 7.32. The van der Waals surface area contributed by atoms with Crippen LogP contribution in [0.1, 0.15) is 48.0 Å². The first-order valence-corrected chi connectivity index (χ1v) is 10.2. The standard InChI is InChI=1S/C23H24ClN3O/c24-21-10-6-18(7-11-21)16-27-22-14-19(8-9-20(22)15-26-27)23(28)25-13-12-17-4-2-1-3-5-17/h4,6-11,14-15H,1-3,5,12-13,16H2,(H,25,28). The van der Waals surface area contributed by atoms with Crippen LogP contribution in [0.2, 0.25) is 5.02 Å². The number of hydrogen-bond acceptors (Lipinski definition) is 2. The van der Waals surface area contributed by atoms with E-state index in [1.807, 2.05) is 53.3 Å². The van der Waals surface area contributed by atoms with Crippen molar-refractivity contribution >= 4 is 28.4 Å². The van der Waals surface area contributed by atoms with Crippen LogP contribution in [0.15, 0.2) is 60.3 Å². The molecule has 0 saturated carbocycles. The van der Waals surface area contributed by atoms with Crippen LogP contribution in [-0.4, -0.2) is 22.2 Å². The van der Waals surface area contributed by atoms with Gasteiger partial charge in [0.1, 0.15) is 0 Å². The minimum absolute atomic E-state index is 0.0300. The van der Waals surface area contributed by atoms with Crippen LogP contribution in [0.5, 0.6) is 0 Å². The summed E-state index contributed by atoms with van der Waals surface area (Å²) < 4.78 is 1.92. The van der Waals surface area contributed by atoms with Crippen LogP contribution < -0.4 is 5.32 Å².